The molecular weight excluding hydrogens is 390 g/mol. The van der Waals surface area contributed by atoms with Gasteiger partial charge in [0.1, 0.15) is 17.3 Å². The molecule has 0 unspecified atom stereocenters. The van der Waals surface area contributed by atoms with Crippen LogP contribution in [0.15, 0.2) is 71.7 Å². The van der Waals surface area contributed by atoms with Crippen molar-refractivity contribution in [3.8, 4) is 11.4 Å². The van der Waals surface area contributed by atoms with E-state index in [2.05, 4.69) is 25.4 Å². The van der Waals surface area contributed by atoms with Crippen LogP contribution in [0.25, 0.3) is 27.9 Å². The normalized spacial score (nSPS) is 11.1. The molecule has 0 radical (unpaired) electrons. The summed E-state index contributed by atoms with van der Waals surface area (Å²) in [6.07, 6.45) is 1.39. The molecule has 5 rings (SSSR count). The van der Waals surface area contributed by atoms with Crippen LogP contribution in [0, 0.1) is 11.6 Å². The van der Waals surface area contributed by atoms with Gasteiger partial charge in [0.05, 0.1) is 11.1 Å². The first-order chi connectivity index (χ1) is 14.6. The van der Waals surface area contributed by atoms with Crippen LogP contribution >= 0.6 is 0 Å². The fraction of sp³-hybridized carbons (Fsp3) is 0. The van der Waals surface area contributed by atoms with E-state index in [9.17, 15) is 13.6 Å². The van der Waals surface area contributed by atoms with Crippen LogP contribution in [0.1, 0.15) is 0 Å². The number of anilines is 2. The summed E-state index contributed by atoms with van der Waals surface area (Å²) in [6, 6.07) is 15.1. The van der Waals surface area contributed by atoms with Crippen LogP contribution < -0.4 is 10.9 Å². The summed E-state index contributed by atoms with van der Waals surface area (Å²) in [6.45, 7) is 0. The lowest BCUT2D eigenvalue weighted by molar-refractivity contribution is 0.602. The molecule has 0 spiro atoms. The minimum Gasteiger partial charge on any atom is -0.319 e. The average Bonchev–Trinajstić information content (AvgIpc) is 3.10. The van der Waals surface area contributed by atoms with Crippen LogP contribution in [0.2, 0.25) is 0 Å². The number of benzene rings is 2. The van der Waals surface area contributed by atoms with Gasteiger partial charge in [-0.3, -0.25) is 4.79 Å². The van der Waals surface area contributed by atoms with Crippen molar-refractivity contribution < 1.29 is 8.78 Å². The highest BCUT2D eigenvalue weighted by Gasteiger charge is 2.17. The standard InChI is InChI=1S/C21H12F2N6O/c22-12-8-9-15(23)14(11-12)18-27-19-13-5-1-2-6-16(13)25-21(29(19)28-18)26-17-7-3-4-10-24-20(17)30/h1-11H,(H,24,25,26,30). The molecule has 2 aromatic carbocycles. The van der Waals surface area contributed by atoms with E-state index in [-0.39, 0.29) is 23.0 Å². The van der Waals surface area contributed by atoms with Gasteiger partial charge >= 0.3 is 0 Å². The predicted octanol–water partition coefficient (Wildman–Crippen LogP) is 3.72. The molecule has 146 valence electrons. The lowest BCUT2D eigenvalue weighted by Crippen LogP contribution is -2.11. The average molecular weight is 402 g/mol. The highest BCUT2D eigenvalue weighted by atomic mass is 19.1. The predicted molar refractivity (Wildman–Crippen MR) is 107 cm³/mol. The number of hydrogen-bond acceptors (Lipinski definition) is 6. The molecule has 7 nitrogen and oxygen atoms in total. The van der Waals surface area contributed by atoms with Crippen molar-refractivity contribution in [1.82, 2.24) is 24.6 Å². The summed E-state index contributed by atoms with van der Waals surface area (Å²) in [5, 5.41) is 7.92. The van der Waals surface area contributed by atoms with Crippen molar-refractivity contribution in [2.24, 2.45) is 0 Å². The highest BCUT2D eigenvalue weighted by Crippen LogP contribution is 2.26. The summed E-state index contributed by atoms with van der Waals surface area (Å²) >= 11 is 0. The minimum atomic E-state index is -0.653. The summed E-state index contributed by atoms with van der Waals surface area (Å²) in [7, 11) is 0. The Morgan fingerprint density at radius 2 is 1.77 bits per heavy atom. The highest BCUT2D eigenvalue weighted by molar-refractivity contribution is 5.93. The Labute approximate surface area is 167 Å². The third-order valence-corrected chi connectivity index (χ3v) is 4.48. The number of hydrogen-bond donors (Lipinski definition) is 1. The first kappa shape index (κ1) is 17.8. The van der Waals surface area contributed by atoms with Crippen molar-refractivity contribution in [3.63, 3.8) is 0 Å². The molecule has 3 heterocycles. The second-order valence-electron chi connectivity index (χ2n) is 6.42. The van der Waals surface area contributed by atoms with Crippen LogP contribution in [0.4, 0.5) is 20.4 Å². The van der Waals surface area contributed by atoms with E-state index in [1.54, 1.807) is 30.3 Å². The second kappa shape index (κ2) is 6.96. The Hall–Kier alpha value is -4.27. The number of nitrogens with one attached hydrogen (secondary N) is 1. The molecule has 0 amide bonds. The molecule has 3 aromatic heterocycles. The molecule has 0 saturated heterocycles. The maximum absolute atomic E-state index is 14.3. The van der Waals surface area contributed by atoms with Gasteiger partial charge in [-0.1, -0.05) is 18.2 Å². The summed E-state index contributed by atoms with van der Waals surface area (Å²) < 4.78 is 29.4. The van der Waals surface area contributed by atoms with E-state index in [0.717, 1.165) is 18.2 Å². The first-order valence-corrected chi connectivity index (χ1v) is 8.93. The summed E-state index contributed by atoms with van der Waals surface area (Å²) in [4.78, 5) is 24.9. The Morgan fingerprint density at radius 1 is 0.933 bits per heavy atom. The van der Waals surface area contributed by atoms with Crippen molar-refractivity contribution in [2.45, 2.75) is 0 Å². The van der Waals surface area contributed by atoms with Crippen molar-refractivity contribution >= 4 is 28.2 Å². The smallest absolute Gasteiger partial charge is 0.293 e. The summed E-state index contributed by atoms with van der Waals surface area (Å²) in [5.41, 5.74) is 0.582. The van der Waals surface area contributed by atoms with E-state index >= 15 is 0 Å². The zero-order chi connectivity index (χ0) is 20.7. The topological polar surface area (TPSA) is 85.1 Å². The van der Waals surface area contributed by atoms with Crippen LogP contribution in [-0.2, 0) is 0 Å². The lowest BCUT2D eigenvalue weighted by Gasteiger charge is -2.07. The monoisotopic (exact) mass is 402 g/mol. The molecule has 0 saturated carbocycles. The first-order valence-electron chi connectivity index (χ1n) is 8.93. The van der Waals surface area contributed by atoms with Gasteiger partial charge in [-0.2, -0.15) is 4.52 Å². The van der Waals surface area contributed by atoms with Gasteiger partial charge in [0.15, 0.2) is 11.5 Å². The second-order valence-corrected chi connectivity index (χ2v) is 6.42. The zero-order valence-corrected chi connectivity index (χ0v) is 15.3. The molecule has 5 aromatic rings. The third kappa shape index (κ3) is 3.02. The lowest BCUT2D eigenvalue weighted by atomic mass is 10.2. The summed E-state index contributed by atoms with van der Waals surface area (Å²) in [5.74, 6) is -1.08. The van der Waals surface area contributed by atoms with Crippen molar-refractivity contribution in [3.05, 3.63) is 88.8 Å². The Morgan fingerprint density at radius 3 is 2.67 bits per heavy atom. The third-order valence-electron chi connectivity index (χ3n) is 4.48. The van der Waals surface area contributed by atoms with Gasteiger partial charge in [-0.05, 0) is 42.5 Å². The molecule has 0 fully saturated rings. The SMILES string of the molecule is O=c1nccccc1Nc1nc2ccccc2c2nc(-c3cc(F)ccc3F)nn12. The number of para-hydroxylation sites is 1. The van der Waals surface area contributed by atoms with Crippen molar-refractivity contribution in [2.75, 3.05) is 5.32 Å². The van der Waals surface area contributed by atoms with Gasteiger partial charge in [0.25, 0.3) is 5.56 Å². The fourth-order valence-corrected chi connectivity index (χ4v) is 3.09. The molecule has 0 aliphatic rings. The van der Waals surface area contributed by atoms with Gasteiger partial charge in [0, 0.05) is 11.6 Å². The number of halogens is 2. The Bertz CT molecular complexity index is 1480. The molecule has 0 bridgehead atoms. The fourth-order valence-electron chi connectivity index (χ4n) is 3.09. The number of aromatic nitrogens is 5. The van der Waals surface area contributed by atoms with Gasteiger partial charge < -0.3 is 5.32 Å². The van der Waals surface area contributed by atoms with E-state index in [0.29, 0.717) is 16.6 Å². The molecule has 0 atom stereocenters. The van der Waals surface area contributed by atoms with Gasteiger partial charge in [0.2, 0.25) is 5.95 Å². The molecule has 1 N–H and O–H groups in total. The maximum atomic E-state index is 14.3. The molecule has 9 heteroatoms. The van der Waals surface area contributed by atoms with Crippen LogP contribution in [0.5, 0.6) is 0 Å². The molecule has 0 aliphatic heterocycles. The van der Waals surface area contributed by atoms with E-state index in [1.807, 2.05) is 12.1 Å². The van der Waals surface area contributed by atoms with Crippen LogP contribution in [0.3, 0.4) is 0 Å². The van der Waals surface area contributed by atoms with Gasteiger partial charge in [-0.15, -0.1) is 5.10 Å². The maximum Gasteiger partial charge on any atom is 0.293 e. The number of fused-ring (bicyclic) bond motifs is 3. The van der Waals surface area contributed by atoms with Crippen LogP contribution in [-0.4, -0.2) is 24.6 Å². The van der Waals surface area contributed by atoms with E-state index in [4.69, 9.17) is 0 Å². The van der Waals surface area contributed by atoms with E-state index < -0.39 is 17.2 Å². The van der Waals surface area contributed by atoms with Crippen molar-refractivity contribution in [1.29, 1.82) is 0 Å². The number of nitrogens with zero attached hydrogens (tertiary/aromatic N) is 5. The Balaban J connectivity index is 1.78. The molecule has 30 heavy (non-hydrogen) atoms. The largest absolute Gasteiger partial charge is 0.319 e. The quantitative estimate of drug-likeness (QED) is 0.495. The molecule has 0 aliphatic carbocycles. The van der Waals surface area contributed by atoms with E-state index in [1.165, 1.54) is 10.7 Å². The number of rotatable bonds is 3. The molecular formula is C21H12F2N6O. The Kier molecular flexibility index (Phi) is 4.13. The minimum absolute atomic E-state index is 0.00714. The zero-order valence-electron chi connectivity index (χ0n) is 15.3. The van der Waals surface area contributed by atoms with Gasteiger partial charge in [-0.25, -0.2) is 23.7 Å².